The lowest BCUT2D eigenvalue weighted by atomic mass is 9.79. The van der Waals surface area contributed by atoms with Gasteiger partial charge in [0.05, 0.1) is 5.69 Å². The maximum atomic E-state index is 11.5. The van der Waals surface area contributed by atoms with Gasteiger partial charge in [0.15, 0.2) is 0 Å². The van der Waals surface area contributed by atoms with E-state index < -0.39 is 0 Å². The summed E-state index contributed by atoms with van der Waals surface area (Å²) in [6.07, 6.45) is 0. The van der Waals surface area contributed by atoms with Crippen molar-refractivity contribution in [3.63, 3.8) is 0 Å². The van der Waals surface area contributed by atoms with Crippen LogP contribution in [-0.2, 0) is 15.6 Å². The fourth-order valence-corrected chi connectivity index (χ4v) is 2.08. The Bertz CT molecular complexity index is 487. The van der Waals surface area contributed by atoms with Crippen molar-refractivity contribution in [3.8, 4) is 5.75 Å². The molecule has 1 aromatic carbocycles. The molecule has 112 valence electrons. The zero-order chi connectivity index (χ0) is 15.9. The van der Waals surface area contributed by atoms with Crippen LogP contribution in [0.2, 0.25) is 0 Å². The summed E-state index contributed by atoms with van der Waals surface area (Å²) in [5.74, 6) is 5.86. The Morgan fingerprint density at radius 2 is 1.40 bits per heavy atom. The van der Waals surface area contributed by atoms with Crippen molar-refractivity contribution < 1.29 is 9.90 Å². The van der Waals surface area contributed by atoms with E-state index >= 15 is 0 Å². The fourth-order valence-electron chi connectivity index (χ4n) is 2.08. The zero-order valence-electron chi connectivity index (χ0n) is 13.5. The van der Waals surface area contributed by atoms with Gasteiger partial charge in [-0.25, -0.2) is 10.9 Å². The number of amides is 1. The number of hydrogen-bond donors (Lipinski definition) is 2. The fraction of sp³-hybridized carbons (Fsp3) is 0.562. The van der Waals surface area contributed by atoms with Crippen molar-refractivity contribution in [2.75, 3.05) is 5.01 Å². The topological polar surface area (TPSA) is 66.6 Å². The van der Waals surface area contributed by atoms with Gasteiger partial charge in [-0.3, -0.25) is 4.79 Å². The smallest absolute Gasteiger partial charge is 0.238 e. The van der Waals surface area contributed by atoms with Crippen molar-refractivity contribution in [1.82, 2.24) is 0 Å². The van der Waals surface area contributed by atoms with Crippen LogP contribution in [0, 0.1) is 0 Å². The quantitative estimate of drug-likeness (QED) is 0.471. The molecule has 4 nitrogen and oxygen atoms in total. The van der Waals surface area contributed by atoms with Crippen LogP contribution in [0.15, 0.2) is 12.1 Å². The number of rotatable bonds is 1. The predicted molar refractivity (Wildman–Crippen MR) is 82.9 cm³/mol. The molecule has 0 bridgehead atoms. The molecule has 0 saturated carbocycles. The van der Waals surface area contributed by atoms with Crippen molar-refractivity contribution in [2.45, 2.75) is 59.3 Å². The molecule has 3 N–H and O–H groups in total. The number of hydrazine groups is 1. The summed E-state index contributed by atoms with van der Waals surface area (Å²) in [5.41, 5.74) is 1.70. The van der Waals surface area contributed by atoms with Gasteiger partial charge in [-0.15, -0.1) is 0 Å². The highest BCUT2D eigenvalue weighted by molar-refractivity contribution is 5.90. The number of nitrogens with zero attached hydrogens (tertiary/aromatic N) is 1. The van der Waals surface area contributed by atoms with E-state index in [4.69, 9.17) is 5.84 Å². The summed E-state index contributed by atoms with van der Waals surface area (Å²) in [6.45, 7) is 13.5. The number of nitrogens with two attached hydrogens (primary N) is 1. The van der Waals surface area contributed by atoms with Crippen LogP contribution in [-0.4, -0.2) is 11.0 Å². The number of phenolic OH excluding ortho intramolecular Hbond substituents is 1. The lowest BCUT2D eigenvalue weighted by molar-refractivity contribution is -0.116. The lowest BCUT2D eigenvalue weighted by Gasteiger charge is -2.29. The van der Waals surface area contributed by atoms with Gasteiger partial charge in [0.1, 0.15) is 5.75 Å². The van der Waals surface area contributed by atoms with E-state index in [1.807, 2.05) is 41.5 Å². The number of benzene rings is 1. The first-order chi connectivity index (χ1) is 8.85. The number of aromatic hydroxyl groups is 1. The third-order valence-corrected chi connectivity index (χ3v) is 3.33. The molecule has 0 atom stereocenters. The molecule has 0 fully saturated rings. The molecule has 1 rings (SSSR count). The van der Waals surface area contributed by atoms with Crippen LogP contribution in [0.4, 0.5) is 5.69 Å². The van der Waals surface area contributed by atoms with Gasteiger partial charge in [-0.2, -0.15) is 0 Å². The van der Waals surface area contributed by atoms with Gasteiger partial charge in [-0.1, -0.05) is 41.5 Å². The van der Waals surface area contributed by atoms with Crippen molar-refractivity contribution in [2.24, 2.45) is 5.84 Å². The molecule has 0 spiro atoms. The number of carbonyl (C=O) groups is 1. The standard InChI is InChI=1S/C16H26N2O2/c1-10(19)18(17)11-8-12(15(2,3)4)14(20)13(9-11)16(5,6)7/h8-9,20H,17H2,1-7H3. The maximum absolute atomic E-state index is 11.5. The average molecular weight is 278 g/mol. The van der Waals surface area contributed by atoms with Crippen LogP contribution in [0.5, 0.6) is 5.75 Å². The van der Waals surface area contributed by atoms with E-state index in [0.29, 0.717) is 5.69 Å². The van der Waals surface area contributed by atoms with Crippen LogP contribution < -0.4 is 10.9 Å². The van der Waals surface area contributed by atoms with Crippen molar-refractivity contribution in [3.05, 3.63) is 23.3 Å². The molecular weight excluding hydrogens is 252 g/mol. The summed E-state index contributed by atoms with van der Waals surface area (Å²) in [4.78, 5) is 11.5. The van der Waals surface area contributed by atoms with E-state index in [2.05, 4.69) is 0 Å². The summed E-state index contributed by atoms with van der Waals surface area (Å²) < 4.78 is 0. The summed E-state index contributed by atoms with van der Waals surface area (Å²) in [7, 11) is 0. The summed E-state index contributed by atoms with van der Waals surface area (Å²) >= 11 is 0. The third-order valence-electron chi connectivity index (χ3n) is 3.33. The largest absolute Gasteiger partial charge is 0.507 e. The number of carbonyl (C=O) groups excluding carboxylic acids is 1. The van der Waals surface area contributed by atoms with E-state index in [1.165, 1.54) is 6.92 Å². The molecule has 0 aliphatic heterocycles. The minimum absolute atomic E-state index is 0.238. The second-order valence-corrected chi connectivity index (χ2v) is 7.28. The van der Waals surface area contributed by atoms with Gasteiger partial charge in [0.2, 0.25) is 5.91 Å². The number of phenols is 1. The molecule has 0 heterocycles. The average Bonchev–Trinajstić information content (AvgIpc) is 2.24. The normalized spacial score (nSPS) is 12.4. The molecule has 1 aromatic rings. The van der Waals surface area contributed by atoms with Crippen LogP contribution in [0.1, 0.15) is 59.6 Å². The van der Waals surface area contributed by atoms with Gasteiger partial charge >= 0.3 is 0 Å². The first-order valence-corrected chi connectivity index (χ1v) is 6.79. The molecule has 4 heteroatoms. The minimum atomic E-state index is -0.240. The molecule has 20 heavy (non-hydrogen) atoms. The Morgan fingerprint density at radius 1 is 1.05 bits per heavy atom. The monoisotopic (exact) mass is 278 g/mol. The molecule has 0 radical (unpaired) electrons. The predicted octanol–water partition coefficient (Wildman–Crippen LogP) is 3.21. The van der Waals surface area contributed by atoms with E-state index in [-0.39, 0.29) is 22.5 Å². The lowest BCUT2D eigenvalue weighted by Crippen LogP contribution is -2.36. The minimum Gasteiger partial charge on any atom is -0.507 e. The Morgan fingerprint density at radius 3 is 1.65 bits per heavy atom. The van der Waals surface area contributed by atoms with Crippen LogP contribution >= 0.6 is 0 Å². The Labute approximate surface area is 121 Å². The maximum Gasteiger partial charge on any atom is 0.238 e. The third kappa shape index (κ3) is 3.31. The first kappa shape index (κ1) is 16.5. The van der Waals surface area contributed by atoms with E-state index in [9.17, 15) is 9.90 Å². The highest BCUT2D eigenvalue weighted by Crippen LogP contribution is 2.41. The SMILES string of the molecule is CC(=O)N(N)c1cc(C(C)(C)C)c(O)c(C(C)(C)C)c1. The molecule has 1 amide bonds. The molecule has 0 aliphatic carbocycles. The van der Waals surface area contributed by atoms with E-state index in [1.54, 1.807) is 12.1 Å². The zero-order valence-corrected chi connectivity index (χ0v) is 13.5. The summed E-state index contributed by atoms with van der Waals surface area (Å²) in [6, 6.07) is 3.57. The first-order valence-electron chi connectivity index (χ1n) is 6.79. The van der Waals surface area contributed by atoms with Gasteiger partial charge < -0.3 is 5.11 Å². The number of hydrogen-bond acceptors (Lipinski definition) is 3. The molecular formula is C16H26N2O2. The highest BCUT2D eigenvalue weighted by Gasteiger charge is 2.27. The number of anilines is 1. The Kier molecular flexibility index (Phi) is 4.20. The van der Waals surface area contributed by atoms with E-state index in [0.717, 1.165) is 16.1 Å². The second-order valence-electron chi connectivity index (χ2n) is 7.28. The molecule has 0 aromatic heterocycles. The van der Waals surface area contributed by atoms with Crippen LogP contribution in [0.25, 0.3) is 0 Å². The van der Waals surface area contributed by atoms with Crippen molar-refractivity contribution in [1.29, 1.82) is 0 Å². The Balaban J connectivity index is 3.63. The Hall–Kier alpha value is -1.55. The summed E-state index contributed by atoms with van der Waals surface area (Å²) in [5, 5.41) is 11.7. The van der Waals surface area contributed by atoms with Gasteiger partial charge in [0, 0.05) is 18.1 Å². The molecule has 0 saturated heterocycles. The molecule has 0 aliphatic rings. The van der Waals surface area contributed by atoms with Gasteiger partial charge in [-0.05, 0) is 23.0 Å². The van der Waals surface area contributed by atoms with Gasteiger partial charge in [0.25, 0.3) is 0 Å². The highest BCUT2D eigenvalue weighted by atomic mass is 16.3. The van der Waals surface area contributed by atoms with Crippen LogP contribution in [0.3, 0.4) is 0 Å². The second kappa shape index (κ2) is 5.09. The molecule has 0 unspecified atom stereocenters. The van der Waals surface area contributed by atoms with Crippen molar-refractivity contribution >= 4 is 11.6 Å².